The van der Waals surface area contributed by atoms with Crippen LogP contribution in [0, 0.1) is 0 Å². The number of nitrogens with zero attached hydrogens (tertiary/aromatic N) is 1. The first-order chi connectivity index (χ1) is 6.15. The standard InChI is InChI=1S/C9H19N3O/c1-3-11-8(9(10)13)6-12(2)7-4-5-7/h7-8,11H,3-6H2,1-2H3,(H2,10,13). The highest BCUT2D eigenvalue weighted by molar-refractivity contribution is 5.80. The van der Waals surface area contributed by atoms with Gasteiger partial charge in [-0.25, -0.2) is 0 Å². The van der Waals surface area contributed by atoms with Crippen molar-refractivity contribution in [1.29, 1.82) is 0 Å². The normalized spacial score (nSPS) is 19.0. The quantitative estimate of drug-likeness (QED) is 0.589. The third kappa shape index (κ3) is 3.32. The van der Waals surface area contributed by atoms with Crippen LogP contribution in [0.1, 0.15) is 19.8 Å². The number of amides is 1. The second kappa shape index (κ2) is 4.58. The molecule has 0 saturated heterocycles. The highest BCUT2D eigenvalue weighted by atomic mass is 16.1. The molecule has 0 aromatic rings. The maximum atomic E-state index is 11.0. The van der Waals surface area contributed by atoms with Crippen LogP contribution in [0.2, 0.25) is 0 Å². The fourth-order valence-corrected chi connectivity index (χ4v) is 1.45. The maximum Gasteiger partial charge on any atom is 0.235 e. The minimum atomic E-state index is -0.255. The minimum absolute atomic E-state index is 0.199. The number of nitrogens with one attached hydrogen (secondary N) is 1. The average molecular weight is 185 g/mol. The van der Waals surface area contributed by atoms with Gasteiger partial charge in [0.2, 0.25) is 5.91 Å². The summed E-state index contributed by atoms with van der Waals surface area (Å²) in [5.41, 5.74) is 5.26. The van der Waals surface area contributed by atoms with Crippen LogP contribution in [-0.2, 0) is 4.79 Å². The summed E-state index contributed by atoms with van der Waals surface area (Å²) in [6, 6.07) is 0.483. The second-order valence-corrected chi connectivity index (χ2v) is 3.68. The van der Waals surface area contributed by atoms with Crippen molar-refractivity contribution in [3.8, 4) is 0 Å². The Kier molecular flexibility index (Phi) is 3.69. The fourth-order valence-electron chi connectivity index (χ4n) is 1.45. The van der Waals surface area contributed by atoms with E-state index in [9.17, 15) is 4.79 Å². The topological polar surface area (TPSA) is 58.4 Å². The smallest absolute Gasteiger partial charge is 0.235 e. The third-order valence-electron chi connectivity index (χ3n) is 2.43. The van der Waals surface area contributed by atoms with Crippen LogP contribution in [0.4, 0.5) is 0 Å². The van der Waals surface area contributed by atoms with Crippen molar-refractivity contribution >= 4 is 5.91 Å². The highest BCUT2D eigenvalue weighted by Crippen LogP contribution is 2.25. The zero-order chi connectivity index (χ0) is 9.84. The number of carbonyl (C=O) groups excluding carboxylic acids is 1. The lowest BCUT2D eigenvalue weighted by molar-refractivity contribution is -0.120. The van der Waals surface area contributed by atoms with E-state index in [0.717, 1.165) is 13.1 Å². The first kappa shape index (κ1) is 10.5. The Balaban J connectivity index is 2.31. The molecule has 1 aliphatic carbocycles. The molecule has 0 heterocycles. The van der Waals surface area contributed by atoms with Gasteiger partial charge < -0.3 is 16.0 Å². The van der Waals surface area contributed by atoms with Gasteiger partial charge in [-0.15, -0.1) is 0 Å². The van der Waals surface area contributed by atoms with Gasteiger partial charge in [0.25, 0.3) is 0 Å². The summed E-state index contributed by atoms with van der Waals surface area (Å²) in [6.45, 7) is 3.49. The Labute approximate surface area is 79.5 Å². The minimum Gasteiger partial charge on any atom is -0.368 e. The third-order valence-corrected chi connectivity index (χ3v) is 2.43. The Morgan fingerprint density at radius 3 is 2.69 bits per heavy atom. The van der Waals surface area contributed by atoms with Gasteiger partial charge >= 0.3 is 0 Å². The Morgan fingerprint density at radius 1 is 1.69 bits per heavy atom. The molecule has 0 bridgehead atoms. The van der Waals surface area contributed by atoms with Gasteiger partial charge in [0.15, 0.2) is 0 Å². The van der Waals surface area contributed by atoms with Crippen molar-refractivity contribution in [2.24, 2.45) is 5.73 Å². The lowest BCUT2D eigenvalue weighted by Crippen LogP contribution is -2.48. The van der Waals surface area contributed by atoms with Crippen LogP contribution in [0.5, 0.6) is 0 Å². The molecule has 1 amide bonds. The van der Waals surface area contributed by atoms with Gasteiger partial charge in [-0.1, -0.05) is 6.92 Å². The Bertz CT molecular complexity index is 180. The van der Waals surface area contributed by atoms with Crippen LogP contribution in [0.25, 0.3) is 0 Å². The van der Waals surface area contributed by atoms with Crippen molar-refractivity contribution in [3.63, 3.8) is 0 Å². The first-order valence-electron chi connectivity index (χ1n) is 4.88. The summed E-state index contributed by atoms with van der Waals surface area (Å²) in [5.74, 6) is -0.255. The van der Waals surface area contributed by atoms with E-state index >= 15 is 0 Å². The van der Waals surface area contributed by atoms with Crippen molar-refractivity contribution in [1.82, 2.24) is 10.2 Å². The van der Waals surface area contributed by atoms with E-state index in [2.05, 4.69) is 10.2 Å². The predicted octanol–water partition coefficient (Wildman–Crippen LogP) is -0.456. The Hall–Kier alpha value is -0.610. The first-order valence-corrected chi connectivity index (χ1v) is 4.88. The van der Waals surface area contributed by atoms with Gasteiger partial charge in [0.05, 0.1) is 6.04 Å². The van der Waals surface area contributed by atoms with Gasteiger partial charge in [-0.3, -0.25) is 4.79 Å². The number of carbonyl (C=O) groups is 1. The molecule has 4 heteroatoms. The summed E-state index contributed by atoms with van der Waals surface area (Å²) >= 11 is 0. The molecule has 13 heavy (non-hydrogen) atoms. The summed E-state index contributed by atoms with van der Waals surface area (Å²) in [7, 11) is 2.05. The number of hydrogen-bond donors (Lipinski definition) is 2. The van der Waals surface area contributed by atoms with E-state index in [1.54, 1.807) is 0 Å². The molecule has 0 aromatic carbocycles. The van der Waals surface area contributed by atoms with Crippen LogP contribution < -0.4 is 11.1 Å². The number of primary amides is 1. The van der Waals surface area contributed by atoms with Crippen LogP contribution in [-0.4, -0.2) is 43.0 Å². The second-order valence-electron chi connectivity index (χ2n) is 3.68. The largest absolute Gasteiger partial charge is 0.368 e. The molecule has 0 aromatic heterocycles. The fraction of sp³-hybridized carbons (Fsp3) is 0.889. The number of hydrogen-bond acceptors (Lipinski definition) is 3. The van der Waals surface area contributed by atoms with Crippen molar-refractivity contribution in [2.45, 2.75) is 31.8 Å². The van der Waals surface area contributed by atoms with E-state index in [4.69, 9.17) is 5.73 Å². The van der Waals surface area contributed by atoms with E-state index in [0.29, 0.717) is 6.04 Å². The SMILES string of the molecule is CCNC(CN(C)C1CC1)C(N)=O. The molecule has 1 saturated carbocycles. The molecule has 1 rings (SSSR count). The number of likely N-dealkylation sites (N-methyl/N-ethyl adjacent to an activating group) is 2. The average Bonchev–Trinajstić information content (AvgIpc) is 2.85. The molecule has 3 N–H and O–H groups in total. The van der Waals surface area contributed by atoms with Gasteiger partial charge in [-0.2, -0.15) is 0 Å². The number of nitrogens with two attached hydrogens (primary N) is 1. The molecule has 0 spiro atoms. The molecule has 0 aliphatic heterocycles. The van der Waals surface area contributed by atoms with Crippen LogP contribution >= 0.6 is 0 Å². The van der Waals surface area contributed by atoms with Gasteiger partial charge in [0, 0.05) is 12.6 Å². The summed E-state index contributed by atoms with van der Waals surface area (Å²) in [5, 5.41) is 3.08. The van der Waals surface area contributed by atoms with Gasteiger partial charge in [-0.05, 0) is 26.4 Å². The highest BCUT2D eigenvalue weighted by Gasteiger charge is 2.28. The molecule has 76 valence electrons. The lowest BCUT2D eigenvalue weighted by Gasteiger charge is -2.21. The molecule has 1 unspecified atom stereocenters. The summed E-state index contributed by atoms with van der Waals surface area (Å²) in [4.78, 5) is 13.2. The van der Waals surface area contributed by atoms with Crippen LogP contribution in [0.15, 0.2) is 0 Å². The van der Waals surface area contributed by atoms with Crippen LogP contribution in [0.3, 0.4) is 0 Å². The van der Waals surface area contributed by atoms with E-state index < -0.39 is 0 Å². The predicted molar refractivity (Wildman–Crippen MR) is 52.3 cm³/mol. The summed E-state index contributed by atoms with van der Waals surface area (Å²) < 4.78 is 0. The Morgan fingerprint density at radius 2 is 2.31 bits per heavy atom. The molecule has 1 aliphatic rings. The van der Waals surface area contributed by atoms with Gasteiger partial charge in [0.1, 0.15) is 0 Å². The van der Waals surface area contributed by atoms with Crippen molar-refractivity contribution in [3.05, 3.63) is 0 Å². The van der Waals surface area contributed by atoms with E-state index in [1.807, 2.05) is 14.0 Å². The maximum absolute atomic E-state index is 11.0. The monoisotopic (exact) mass is 185 g/mol. The molecular formula is C9H19N3O. The van der Waals surface area contributed by atoms with E-state index in [1.165, 1.54) is 12.8 Å². The zero-order valence-corrected chi connectivity index (χ0v) is 8.42. The van der Waals surface area contributed by atoms with Crippen molar-refractivity contribution < 1.29 is 4.79 Å². The van der Waals surface area contributed by atoms with Crippen molar-refractivity contribution in [2.75, 3.05) is 20.1 Å². The van der Waals surface area contributed by atoms with E-state index in [-0.39, 0.29) is 11.9 Å². The molecular weight excluding hydrogens is 166 g/mol. The molecule has 1 atom stereocenters. The molecule has 4 nitrogen and oxygen atoms in total. The molecule has 1 fully saturated rings. The number of rotatable bonds is 6. The summed E-state index contributed by atoms with van der Waals surface area (Å²) in [6.07, 6.45) is 2.52. The molecule has 0 radical (unpaired) electrons. The zero-order valence-electron chi connectivity index (χ0n) is 8.42. The lowest BCUT2D eigenvalue weighted by atomic mass is 10.2.